The zero-order valence-corrected chi connectivity index (χ0v) is 8.83. The summed E-state index contributed by atoms with van der Waals surface area (Å²) in [5.74, 6) is 0.781. The number of rotatable bonds is 1. The Morgan fingerprint density at radius 1 is 1.50 bits per heavy atom. The van der Waals surface area contributed by atoms with Crippen molar-refractivity contribution in [1.29, 1.82) is 0 Å². The van der Waals surface area contributed by atoms with Gasteiger partial charge in [-0.3, -0.25) is 4.67 Å². The molecule has 0 saturated carbocycles. The lowest BCUT2D eigenvalue weighted by Gasteiger charge is -2.36. The van der Waals surface area contributed by atoms with Crippen molar-refractivity contribution in [3.8, 4) is 0 Å². The van der Waals surface area contributed by atoms with Crippen LogP contribution in [-0.2, 0) is 0 Å². The van der Waals surface area contributed by atoms with Gasteiger partial charge in [-0.1, -0.05) is 9.39 Å². The van der Waals surface area contributed by atoms with Gasteiger partial charge in [0.1, 0.15) is 0 Å². The molecule has 10 heavy (non-hydrogen) atoms. The van der Waals surface area contributed by atoms with Crippen LogP contribution in [0, 0.1) is 0 Å². The summed E-state index contributed by atoms with van der Waals surface area (Å²) in [4.78, 5) is 2.40. The van der Waals surface area contributed by atoms with Gasteiger partial charge in [0.25, 0.3) is 0 Å². The highest BCUT2D eigenvalue weighted by molar-refractivity contribution is 7.38. The van der Waals surface area contributed by atoms with Crippen molar-refractivity contribution in [2.24, 2.45) is 0 Å². The summed E-state index contributed by atoms with van der Waals surface area (Å²) in [5.41, 5.74) is 0. The Morgan fingerprint density at radius 2 is 2.20 bits per heavy atom. The van der Waals surface area contributed by atoms with E-state index in [9.17, 15) is 0 Å². The molecule has 0 N–H and O–H groups in total. The molecule has 0 aliphatic carbocycles. The monoisotopic (exact) mass is 178 g/mol. The minimum atomic E-state index is 0.781. The average Bonchev–Trinajstić information content (AvgIpc) is 1.94. The van der Waals surface area contributed by atoms with E-state index in [0.717, 1.165) is 14.4 Å². The van der Waals surface area contributed by atoms with Crippen LogP contribution in [0.2, 0.25) is 0 Å². The Balaban J connectivity index is 2.38. The van der Waals surface area contributed by atoms with Crippen LogP contribution in [0.5, 0.6) is 0 Å². The molecule has 1 aliphatic heterocycles. The fraction of sp³-hybridized carbons (Fsp3) is 1.00. The van der Waals surface area contributed by atoms with Crippen molar-refractivity contribution >= 4 is 18.0 Å². The van der Waals surface area contributed by atoms with Crippen molar-refractivity contribution in [2.45, 2.75) is 5.78 Å². The minimum absolute atomic E-state index is 0.781. The van der Waals surface area contributed by atoms with Crippen LogP contribution in [0.4, 0.5) is 0 Å². The van der Waals surface area contributed by atoms with Gasteiger partial charge < -0.3 is 4.90 Å². The molecule has 0 spiro atoms. The fourth-order valence-electron chi connectivity index (χ4n) is 1.19. The van der Waals surface area contributed by atoms with Crippen LogP contribution in [0.1, 0.15) is 0 Å². The van der Waals surface area contributed by atoms with Gasteiger partial charge in [-0.15, -0.1) is 8.58 Å². The normalized spacial score (nSPS) is 32.1. The highest BCUT2D eigenvalue weighted by atomic mass is 31.1. The van der Waals surface area contributed by atoms with E-state index in [1.54, 1.807) is 0 Å². The summed E-state index contributed by atoms with van der Waals surface area (Å²) in [7, 11) is 6.06. The Labute approximate surface area is 67.4 Å². The van der Waals surface area contributed by atoms with Crippen molar-refractivity contribution in [3.63, 3.8) is 0 Å². The van der Waals surface area contributed by atoms with Crippen LogP contribution in [-0.4, -0.2) is 48.7 Å². The third-order valence-electron chi connectivity index (χ3n) is 1.96. The zero-order chi connectivity index (χ0) is 7.56. The molecular formula is C6H16N2P2. The van der Waals surface area contributed by atoms with Gasteiger partial charge in [0.05, 0.1) is 0 Å². The molecular weight excluding hydrogens is 162 g/mol. The second-order valence-electron chi connectivity index (χ2n) is 2.80. The summed E-state index contributed by atoms with van der Waals surface area (Å²) in [6.07, 6.45) is 0. The van der Waals surface area contributed by atoms with E-state index >= 15 is 0 Å². The van der Waals surface area contributed by atoms with Crippen LogP contribution >= 0.6 is 18.0 Å². The molecule has 60 valence electrons. The number of nitrogens with zero attached hydrogens (tertiary/aromatic N) is 2. The molecule has 0 aromatic heterocycles. The van der Waals surface area contributed by atoms with Crippen LogP contribution in [0.25, 0.3) is 0 Å². The maximum absolute atomic E-state index is 2.82. The molecule has 0 bridgehead atoms. The van der Waals surface area contributed by atoms with Gasteiger partial charge in [-0.25, -0.2) is 0 Å². The first-order valence-electron chi connectivity index (χ1n) is 3.61. The lowest BCUT2D eigenvalue weighted by Crippen LogP contribution is -2.44. The number of hydrogen-bond acceptors (Lipinski definition) is 2. The SMILES string of the molecule is CPC1CN(C)CCN1P. The number of hydrogen-bond donors (Lipinski definition) is 0. The topological polar surface area (TPSA) is 6.48 Å². The molecule has 3 unspecified atom stereocenters. The van der Waals surface area contributed by atoms with E-state index in [2.05, 4.69) is 32.7 Å². The zero-order valence-electron chi connectivity index (χ0n) is 6.67. The van der Waals surface area contributed by atoms with Crippen molar-refractivity contribution < 1.29 is 0 Å². The van der Waals surface area contributed by atoms with Gasteiger partial charge in [0.15, 0.2) is 0 Å². The van der Waals surface area contributed by atoms with Crippen LogP contribution in [0.15, 0.2) is 0 Å². The van der Waals surface area contributed by atoms with Crippen molar-refractivity contribution in [2.75, 3.05) is 33.3 Å². The van der Waals surface area contributed by atoms with Gasteiger partial charge in [-0.2, -0.15) is 0 Å². The first-order valence-corrected chi connectivity index (χ1v) is 5.70. The highest BCUT2D eigenvalue weighted by Gasteiger charge is 2.19. The molecule has 2 nitrogen and oxygen atoms in total. The minimum Gasteiger partial charge on any atom is -0.303 e. The fourth-order valence-corrected chi connectivity index (χ4v) is 2.80. The standard InChI is InChI=1S/C6H16N2P2/c1-7-3-4-8(9)6(5-7)10-2/h6,10H,3-5,9H2,1-2H3. The van der Waals surface area contributed by atoms with E-state index in [-0.39, 0.29) is 0 Å². The molecule has 4 heteroatoms. The number of piperazine rings is 1. The Kier molecular flexibility index (Phi) is 3.52. The van der Waals surface area contributed by atoms with Crippen LogP contribution in [0.3, 0.4) is 0 Å². The molecule has 1 heterocycles. The summed E-state index contributed by atoms with van der Waals surface area (Å²) in [6.45, 7) is 5.93. The molecule has 0 aromatic rings. The second-order valence-corrected chi connectivity index (χ2v) is 4.71. The van der Waals surface area contributed by atoms with Gasteiger partial charge >= 0.3 is 0 Å². The Hall–Kier alpha value is 0.780. The average molecular weight is 178 g/mol. The summed E-state index contributed by atoms with van der Waals surface area (Å²) >= 11 is 0. The highest BCUT2D eigenvalue weighted by Crippen LogP contribution is 2.24. The van der Waals surface area contributed by atoms with Crippen molar-refractivity contribution in [1.82, 2.24) is 9.57 Å². The van der Waals surface area contributed by atoms with Gasteiger partial charge in [0.2, 0.25) is 0 Å². The predicted molar refractivity (Wildman–Crippen MR) is 51.9 cm³/mol. The third kappa shape index (κ3) is 2.13. The Morgan fingerprint density at radius 3 is 2.70 bits per heavy atom. The summed E-state index contributed by atoms with van der Waals surface area (Å²) in [5, 5.41) is 0. The van der Waals surface area contributed by atoms with E-state index in [0.29, 0.717) is 0 Å². The molecule has 1 aliphatic rings. The number of likely N-dealkylation sites (N-methyl/N-ethyl adjacent to an activating group) is 1. The molecule has 1 fully saturated rings. The summed E-state index contributed by atoms with van der Waals surface area (Å²) in [6, 6.07) is 0. The quantitative estimate of drug-likeness (QED) is 0.544. The lowest BCUT2D eigenvalue weighted by molar-refractivity contribution is 0.214. The Bertz CT molecular complexity index is 110. The molecule has 0 aromatic carbocycles. The second kappa shape index (κ2) is 3.97. The molecule has 0 amide bonds. The maximum atomic E-state index is 2.82. The summed E-state index contributed by atoms with van der Waals surface area (Å²) < 4.78 is 2.39. The molecule has 1 saturated heterocycles. The van der Waals surface area contributed by atoms with Gasteiger partial charge in [0, 0.05) is 25.4 Å². The van der Waals surface area contributed by atoms with E-state index in [1.807, 2.05) is 0 Å². The van der Waals surface area contributed by atoms with E-state index in [4.69, 9.17) is 0 Å². The smallest absolute Gasteiger partial charge is 0.0424 e. The molecule has 1 rings (SSSR count). The van der Waals surface area contributed by atoms with Crippen LogP contribution < -0.4 is 0 Å². The third-order valence-corrected chi connectivity index (χ3v) is 4.05. The van der Waals surface area contributed by atoms with E-state index in [1.165, 1.54) is 19.6 Å². The first-order chi connectivity index (χ1) is 4.74. The molecule has 0 radical (unpaired) electrons. The maximum Gasteiger partial charge on any atom is 0.0424 e. The molecule has 3 atom stereocenters. The van der Waals surface area contributed by atoms with E-state index < -0.39 is 0 Å². The lowest BCUT2D eigenvalue weighted by atomic mass is 10.4. The van der Waals surface area contributed by atoms with Crippen molar-refractivity contribution in [3.05, 3.63) is 0 Å². The predicted octanol–water partition coefficient (Wildman–Crippen LogP) is 0.658. The van der Waals surface area contributed by atoms with Gasteiger partial charge in [-0.05, 0) is 13.7 Å². The first kappa shape index (κ1) is 8.87. The largest absolute Gasteiger partial charge is 0.303 e.